The zero-order valence-electron chi connectivity index (χ0n) is 17.2. The normalized spacial score (nSPS) is 21.2. The molecule has 0 bridgehead atoms. The molecule has 2 heterocycles. The van der Waals surface area contributed by atoms with Gasteiger partial charge in [0, 0.05) is 17.6 Å². The first-order valence-electron chi connectivity index (χ1n) is 10.6. The number of pyridine rings is 1. The highest BCUT2D eigenvalue weighted by molar-refractivity contribution is 6.05. The lowest BCUT2D eigenvalue weighted by atomic mass is 9.84. The number of fused-ring (bicyclic) bond motifs is 2. The molecule has 2 aliphatic rings. The van der Waals surface area contributed by atoms with Crippen molar-refractivity contribution in [3.05, 3.63) is 41.1 Å². The first-order chi connectivity index (χ1) is 14.5. The average molecular weight is 409 g/mol. The fraction of sp³-hybridized carbons (Fsp3) is 0.478. The van der Waals surface area contributed by atoms with Gasteiger partial charge in [-0.25, -0.2) is 4.79 Å². The highest BCUT2D eigenvalue weighted by atomic mass is 16.5. The van der Waals surface area contributed by atoms with Crippen molar-refractivity contribution in [2.75, 3.05) is 13.2 Å². The lowest BCUT2D eigenvalue weighted by molar-refractivity contribution is -0.143. The maximum atomic E-state index is 13.1. The molecule has 2 aromatic rings. The van der Waals surface area contributed by atoms with Crippen LogP contribution in [0, 0.1) is 5.92 Å². The van der Waals surface area contributed by atoms with E-state index in [0.717, 1.165) is 54.3 Å². The van der Waals surface area contributed by atoms with Crippen LogP contribution >= 0.6 is 0 Å². The Kier molecular flexibility index (Phi) is 5.70. The Balaban J connectivity index is 1.58. The molecule has 7 heteroatoms. The van der Waals surface area contributed by atoms with E-state index in [1.807, 2.05) is 24.3 Å². The number of likely N-dealkylation sites (tertiary alicyclic amines) is 1. The highest BCUT2D eigenvalue weighted by Crippen LogP contribution is 2.32. The van der Waals surface area contributed by atoms with E-state index in [1.54, 1.807) is 0 Å². The SMILES string of the molecule is C[C@@H]1CCc2nc3ccccc3c(C(=O)OCC(=O)N3CCCC[C@@H]3C(N)=O)c2C1. The Labute approximate surface area is 175 Å². The second-order valence-corrected chi connectivity index (χ2v) is 8.35. The summed E-state index contributed by atoms with van der Waals surface area (Å²) in [6.45, 7) is 2.22. The molecule has 158 valence electrons. The van der Waals surface area contributed by atoms with Gasteiger partial charge in [0.1, 0.15) is 6.04 Å². The minimum atomic E-state index is -0.625. The minimum absolute atomic E-state index is 0.382. The number of aromatic nitrogens is 1. The molecule has 1 aliphatic carbocycles. The van der Waals surface area contributed by atoms with E-state index in [-0.39, 0.29) is 5.91 Å². The number of benzene rings is 1. The largest absolute Gasteiger partial charge is 0.452 e. The van der Waals surface area contributed by atoms with Gasteiger partial charge < -0.3 is 15.4 Å². The lowest BCUT2D eigenvalue weighted by Crippen LogP contribution is -2.51. The molecule has 4 rings (SSSR count). The summed E-state index contributed by atoms with van der Waals surface area (Å²) in [6, 6.07) is 6.90. The van der Waals surface area contributed by atoms with Gasteiger partial charge in [-0.2, -0.15) is 0 Å². The summed E-state index contributed by atoms with van der Waals surface area (Å²) < 4.78 is 5.47. The highest BCUT2D eigenvalue weighted by Gasteiger charge is 2.32. The number of amides is 2. The summed E-state index contributed by atoms with van der Waals surface area (Å²) in [5.74, 6) is -0.955. The number of para-hydroxylation sites is 1. The van der Waals surface area contributed by atoms with E-state index in [1.165, 1.54) is 4.90 Å². The van der Waals surface area contributed by atoms with Gasteiger partial charge in [0.15, 0.2) is 6.61 Å². The zero-order chi connectivity index (χ0) is 21.3. The molecule has 2 atom stereocenters. The number of esters is 1. The van der Waals surface area contributed by atoms with E-state index in [4.69, 9.17) is 15.5 Å². The van der Waals surface area contributed by atoms with E-state index in [9.17, 15) is 14.4 Å². The Morgan fingerprint density at radius 2 is 2.00 bits per heavy atom. The number of rotatable bonds is 4. The van der Waals surface area contributed by atoms with Gasteiger partial charge in [-0.1, -0.05) is 25.1 Å². The standard InChI is InChI=1S/C23H27N3O4/c1-14-9-10-18-16(12-14)21(15-6-2-3-7-17(15)25-18)23(29)30-13-20(27)26-11-5-4-8-19(26)22(24)28/h2-3,6-7,14,19H,4-5,8-13H2,1H3,(H2,24,28)/t14-,19-/m1/s1. The zero-order valence-corrected chi connectivity index (χ0v) is 17.2. The number of nitrogens with two attached hydrogens (primary N) is 1. The van der Waals surface area contributed by atoms with Gasteiger partial charge in [-0.3, -0.25) is 14.6 Å². The first kappa shape index (κ1) is 20.3. The number of ether oxygens (including phenoxy) is 1. The summed E-state index contributed by atoms with van der Waals surface area (Å²) in [4.78, 5) is 43.7. The van der Waals surface area contributed by atoms with Crippen LogP contribution in [0.4, 0.5) is 0 Å². The van der Waals surface area contributed by atoms with Crippen molar-refractivity contribution < 1.29 is 19.1 Å². The maximum Gasteiger partial charge on any atom is 0.339 e. The summed E-state index contributed by atoms with van der Waals surface area (Å²) in [7, 11) is 0. The Hall–Kier alpha value is -2.96. The van der Waals surface area contributed by atoms with Gasteiger partial charge in [-0.15, -0.1) is 0 Å². The lowest BCUT2D eigenvalue weighted by Gasteiger charge is -2.33. The van der Waals surface area contributed by atoms with Crippen LogP contribution in [0.15, 0.2) is 24.3 Å². The Morgan fingerprint density at radius 3 is 2.80 bits per heavy atom. The smallest absolute Gasteiger partial charge is 0.339 e. The number of carbonyl (C=O) groups excluding carboxylic acids is 3. The molecule has 1 saturated heterocycles. The third-order valence-electron chi connectivity index (χ3n) is 6.19. The number of aryl methyl sites for hydroxylation is 1. The van der Waals surface area contributed by atoms with Crippen LogP contribution in [0.2, 0.25) is 0 Å². The molecule has 1 aromatic carbocycles. The second-order valence-electron chi connectivity index (χ2n) is 8.35. The van der Waals surface area contributed by atoms with E-state index in [0.29, 0.717) is 24.4 Å². The molecule has 0 radical (unpaired) electrons. The number of hydrogen-bond acceptors (Lipinski definition) is 5. The van der Waals surface area contributed by atoms with Crippen LogP contribution in [-0.2, 0) is 27.2 Å². The number of primary amides is 1. The number of carbonyl (C=O) groups is 3. The molecular formula is C23H27N3O4. The van der Waals surface area contributed by atoms with Crippen molar-refractivity contribution in [3.8, 4) is 0 Å². The van der Waals surface area contributed by atoms with Crippen molar-refractivity contribution in [1.29, 1.82) is 0 Å². The van der Waals surface area contributed by atoms with Crippen molar-refractivity contribution in [1.82, 2.24) is 9.88 Å². The van der Waals surface area contributed by atoms with Crippen LogP contribution < -0.4 is 5.73 Å². The molecule has 1 aromatic heterocycles. The number of hydrogen-bond donors (Lipinski definition) is 1. The predicted octanol–water partition coefficient (Wildman–Crippen LogP) is 2.38. The summed E-state index contributed by atoms with van der Waals surface area (Å²) >= 11 is 0. The minimum Gasteiger partial charge on any atom is -0.452 e. The molecule has 0 saturated carbocycles. The predicted molar refractivity (Wildman–Crippen MR) is 112 cm³/mol. The molecule has 30 heavy (non-hydrogen) atoms. The third kappa shape index (κ3) is 3.88. The topological polar surface area (TPSA) is 103 Å². The molecule has 0 unspecified atom stereocenters. The molecule has 1 fully saturated rings. The van der Waals surface area contributed by atoms with Crippen molar-refractivity contribution >= 4 is 28.7 Å². The van der Waals surface area contributed by atoms with Crippen LogP contribution in [0.25, 0.3) is 10.9 Å². The first-order valence-corrected chi connectivity index (χ1v) is 10.6. The molecule has 2 amide bonds. The monoisotopic (exact) mass is 409 g/mol. The maximum absolute atomic E-state index is 13.1. The molecule has 7 nitrogen and oxygen atoms in total. The van der Waals surface area contributed by atoms with Crippen LogP contribution in [0.5, 0.6) is 0 Å². The van der Waals surface area contributed by atoms with Crippen LogP contribution in [0.3, 0.4) is 0 Å². The third-order valence-corrected chi connectivity index (χ3v) is 6.19. The second kappa shape index (κ2) is 8.42. The molecule has 1 aliphatic heterocycles. The van der Waals surface area contributed by atoms with Gasteiger partial charge >= 0.3 is 5.97 Å². The van der Waals surface area contributed by atoms with Crippen LogP contribution in [-0.4, -0.2) is 46.9 Å². The molecule has 0 spiro atoms. The van der Waals surface area contributed by atoms with Gasteiger partial charge in [0.2, 0.25) is 5.91 Å². The van der Waals surface area contributed by atoms with E-state index >= 15 is 0 Å². The summed E-state index contributed by atoms with van der Waals surface area (Å²) in [6.07, 6.45) is 4.84. The summed E-state index contributed by atoms with van der Waals surface area (Å²) in [5.41, 5.74) is 8.59. The Bertz CT molecular complexity index is 1000. The fourth-order valence-corrected chi connectivity index (χ4v) is 4.60. The number of piperidine rings is 1. The van der Waals surface area contributed by atoms with E-state index in [2.05, 4.69) is 6.92 Å². The molecule has 2 N–H and O–H groups in total. The molecular weight excluding hydrogens is 382 g/mol. The summed E-state index contributed by atoms with van der Waals surface area (Å²) in [5, 5.41) is 0.746. The van der Waals surface area contributed by atoms with Crippen molar-refractivity contribution in [2.24, 2.45) is 11.7 Å². The van der Waals surface area contributed by atoms with Gasteiger partial charge in [0.25, 0.3) is 5.91 Å². The number of nitrogens with zero attached hydrogens (tertiary/aromatic N) is 2. The van der Waals surface area contributed by atoms with Crippen LogP contribution in [0.1, 0.15) is 54.2 Å². The van der Waals surface area contributed by atoms with Crippen molar-refractivity contribution in [2.45, 2.75) is 51.5 Å². The van der Waals surface area contributed by atoms with Gasteiger partial charge in [0.05, 0.1) is 11.1 Å². The Morgan fingerprint density at radius 1 is 1.20 bits per heavy atom. The fourth-order valence-electron chi connectivity index (χ4n) is 4.60. The quantitative estimate of drug-likeness (QED) is 0.781. The average Bonchev–Trinajstić information content (AvgIpc) is 2.75. The van der Waals surface area contributed by atoms with E-state index < -0.39 is 24.5 Å². The van der Waals surface area contributed by atoms with Gasteiger partial charge in [-0.05, 0) is 56.1 Å². The van der Waals surface area contributed by atoms with Crippen molar-refractivity contribution in [3.63, 3.8) is 0 Å².